The summed E-state index contributed by atoms with van der Waals surface area (Å²) >= 11 is 0. The molecule has 0 saturated carbocycles. The summed E-state index contributed by atoms with van der Waals surface area (Å²) in [5.41, 5.74) is 5.97. The standard InChI is InChI=1S/C51H34N4OSi/c1-6-19-35(20-7-1)49-52-50(36-21-8-2-9-22-36)54-51(53-49)41-30-18-32-44-47(41)56-48-45(57(44,38-25-12-4-13-26-38)39-27-14-5-15-28-39)34-33-43-46(48)40-29-16-17-31-42(40)55(43)37-23-10-3-11-24-37/h1-34H. The fourth-order valence-corrected chi connectivity index (χ4v) is 13.7. The Morgan fingerprint density at radius 1 is 0.386 bits per heavy atom. The maximum atomic E-state index is 7.54. The average Bonchev–Trinajstić information content (AvgIpc) is 3.64. The maximum absolute atomic E-state index is 7.54. The lowest BCUT2D eigenvalue weighted by Crippen LogP contribution is -2.76. The molecule has 2 aromatic heterocycles. The monoisotopic (exact) mass is 746 g/mol. The van der Waals surface area contributed by atoms with E-state index < -0.39 is 8.07 Å². The van der Waals surface area contributed by atoms with Crippen LogP contribution in [0, 0.1) is 0 Å². The highest BCUT2D eigenvalue weighted by atomic mass is 28.3. The van der Waals surface area contributed by atoms with Gasteiger partial charge in [0.15, 0.2) is 25.5 Å². The van der Waals surface area contributed by atoms with Crippen LogP contribution in [0.15, 0.2) is 206 Å². The van der Waals surface area contributed by atoms with Gasteiger partial charge in [0, 0.05) is 22.2 Å². The van der Waals surface area contributed by atoms with Crippen molar-refractivity contribution in [3.05, 3.63) is 206 Å². The first kappa shape index (κ1) is 33.0. The molecule has 5 nitrogen and oxygen atoms in total. The predicted molar refractivity (Wildman–Crippen MR) is 234 cm³/mol. The molecule has 268 valence electrons. The molecule has 3 heterocycles. The fraction of sp³-hybridized carbons (Fsp3) is 0. The van der Waals surface area contributed by atoms with Gasteiger partial charge >= 0.3 is 0 Å². The van der Waals surface area contributed by atoms with Crippen LogP contribution in [0.5, 0.6) is 11.5 Å². The van der Waals surface area contributed by atoms with Crippen molar-refractivity contribution in [2.24, 2.45) is 0 Å². The van der Waals surface area contributed by atoms with Crippen molar-refractivity contribution in [2.45, 2.75) is 0 Å². The van der Waals surface area contributed by atoms with Gasteiger partial charge in [-0.05, 0) is 51.1 Å². The number of aromatic nitrogens is 4. The first-order chi connectivity index (χ1) is 28.3. The molecule has 6 heteroatoms. The molecule has 0 bridgehead atoms. The first-order valence-electron chi connectivity index (χ1n) is 19.2. The van der Waals surface area contributed by atoms with Gasteiger partial charge in [-0.3, -0.25) is 0 Å². The van der Waals surface area contributed by atoms with Gasteiger partial charge in [-0.1, -0.05) is 176 Å². The highest BCUT2D eigenvalue weighted by Gasteiger charge is 2.49. The molecule has 0 radical (unpaired) electrons. The number of hydrogen-bond donors (Lipinski definition) is 0. The SMILES string of the molecule is c1ccc(-c2nc(-c3ccccc3)nc(-c3cccc4c3Oc3c(ccc5c3c3ccccc3n5-c3ccccc3)[Si]4(c3ccccc3)c3ccccc3)n2)cc1. The molecule has 10 aromatic rings. The zero-order valence-electron chi connectivity index (χ0n) is 30.8. The molecule has 11 rings (SSSR count). The Kier molecular flexibility index (Phi) is 7.76. The van der Waals surface area contributed by atoms with Gasteiger partial charge in [0.05, 0.1) is 22.0 Å². The molecule has 57 heavy (non-hydrogen) atoms. The first-order valence-corrected chi connectivity index (χ1v) is 21.2. The minimum absolute atomic E-state index is 0.561. The lowest BCUT2D eigenvalue weighted by Gasteiger charge is -2.40. The van der Waals surface area contributed by atoms with Crippen LogP contribution in [0.1, 0.15) is 0 Å². The highest BCUT2D eigenvalue weighted by molar-refractivity contribution is 7.21. The molecular formula is C51H34N4OSi. The van der Waals surface area contributed by atoms with Crippen molar-refractivity contribution < 1.29 is 4.74 Å². The third kappa shape index (κ3) is 5.19. The summed E-state index contributed by atoms with van der Waals surface area (Å²) < 4.78 is 9.90. The minimum Gasteiger partial charge on any atom is -0.456 e. The smallest absolute Gasteiger partial charge is 0.188 e. The van der Waals surface area contributed by atoms with Crippen molar-refractivity contribution >= 4 is 50.6 Å². The van der Waals surface area contributed by atoms with E-state index in [1.165, 1.54) is 15.6 Å². The second kappa shape index (κ2) is 13.4. The van der Waals surface area contributed by atoms with Gasteiger partial charge in [0.25, 0.3) is 0 Å². The number of ether oxygens (including phenoxy) is 1. The zero-order valence-corrected chi connectivity index (χ0v) is 31.8. The van der Waals surface area contributed by atoms with E-state index in [0.29, 0.717) is 17.5 Å². The molecule has 0 fully saturated rings. The number of para-hydroxylation sites is 3. The van der Waals surface area contributed by atoms with Crippen LogP contribution < -0.4 is 25.5 Å². The van der Waals surface area contributed by atoms with Crippen molar-refractivity contribution in [1.29, 1.82) is 0 Å². The minimum atomic E-state index is -3.08. The summed E-state index contributed by atoms with van der Waals surface area (Å²) in [6, 6.07) is 72.7. The Labute approximate surface area is 331 Å². The van der Waals surface area contributed by atoms with Crippen molar-refractivity contribution in [2.75, 3.05) is 0 Å². The van der Waals surface area contributed by atoms with Crippen molar-refractivity contribution in [3.63, 3.8) is 0 Å². The molecule has 0 amide bonds. The van der Waals surface area contributed by atoms with Gasteiger partial charge in [-0.15, -0.1) is 0 Å². The Bertz CT molecular complexity index is 2980. The van der Waals surface area contributed by atoms with Gasteiger partial charge in [-0.25, -0.2) is 15.0 Å². The Morgan fingerprint density at radius 2 is 0.895 bits per heavy atom. The van der Waals surface area contributed by atoms with Crippen LogP contribution in [0.25, 0.3) is 61.7 Å². The van der Waals surface area contributed by atoms with Crippen LogP contribution in [0.2, 0.25) is 0 Å². The van der Waals surface area contributed by atoms with E-state index in [0.717, 1.165) is 60.9 Å². The van der Waals surface area contributed by atoms with Crippen LogP contribution in [-0.2, 0) is 0 Å². The molecule has 0 saturated heterocycles. The molecule has 8 aromatic carbocycles. The number of fused-ring (bicyclic) bond motifs is 6. The number of hydrogen-bond acceptors (Lipinski definition) is 4. The van der Waals surface area contributed by atoms with Gasteiger partial charge in [0.2, 0.25) is 0 Å². The quantitative estimate of drug-likeness (QED) is 0.159. The van der Waals surface area contributed by atoms with Crippen molar-refractivity contribution in [3.8, 4) is 51.3 Å². The van der Waals surface area contributed by atoms with E-state index >= 15 is 0 Å². The average molecular weight is 747 g/mol. The lowest BCUT2D eigenvalue weighted by atomic mass is 10.1. The lowest BCUT2D eigenvalue weighted by molar-refractivity contribution is 0.494. The highest BCUT2D eigenvalue weighted by Crippen LogP contribution is 2.44. The summed E-state index contributed by atoms with van der Waals surface area (Å²) in [5.74, 6) is 3.43. The Morgan fingerprint density at radius 3 is 1.51 bits per heavy atom. The number of rotatable bonds is 6. The molecule has 0 spiro atoms. The van der Waals surface area contributed by atoms with Gasteiger partial charge in [-0.2, -0.15) is 0 Å². The van der Waals surface area contributed by atoms with E-state index in [1.807, 2.05) is 60.7 Å². The van der Waals surface area contributed by atoms with E-state index in [1.54, 1.807) is 0 Å². The summed E-state index contributed by atoms with van der Waals surface area (Å²) in [6.45, 7) is 0. The number of benzene rings is 8. The van der Waals surface area contributed by atoms with Gasteiger partial charge in [0.1, 0.15) is 11.5 Å². The summed E-state index contributed by atoms with van der Waals surface area (Å²) in [7, 11) is -3.08. The molecule has 0 atom stereocenters. The fourth-order valence-electron chi connectivity index (χ4n) is 8.74. The normalized spacial score (nSPS) is 12.8. The largest absolute Gasteiger partial charge is 0.456 e. The summed E-state index contributed by atoms with van der Waals surface area (Å²) in [6.07, 6.45) is 0. The van der Waals surface area contributed by atoms with Gasteiger partial charge < -0.3 is 9.30 Å². The van der Waals surface area contributed by atoms with Crippen LogP contribution in [-0.4, -0.2) is 27.6 Å². The third-order valence-corrected chi connectivity index (χ3v) is 16.0. The molecule has 0 aliphatic carbocycles. The van der Waals surface area contributed by atoms with Crippen LogP contribution in [0.4, 0.5) is 0 Å². The Hall–Kier alpha value is -7.41. The molecular weight excluding hydrogens is 713 g/mol. The number of nitrogens with zero attached hydrogens (tertiary/aromatic N) is 4. The van der Waals surface area contributed by atoms with E-state index in [-0.39, 0.29) is 0 Å². The second-order valence-corrected chi connectivity index (χ2v) is 18.1. The molecule has 1 aliphatic heterocycles. The molecule has 1 aliphatic rings. The molecule has 0 unspecified atom stereocenters. The van der Waals surface area contributed by atoms with E-state index in [4.69, 9.17) is 19.7 Å². The maximum Gasteiger partial charge on any atom is 0.188 e. The van der Waals surface area contributed by atoms with E-state index in [2.05, 4.69) is 150 Å². The van der Waals surface area contributed by atoms with Crippen LogP contribution >= 0.6 is 0 Å². The summed E-state index contributed by atoms with van der Waals surface area (Å²) in [4.78, 5) is 15.5. The second-order valence-electron chi connectivity index (χ2n) is 14.3. The van der Waals surface area contributed by atoms with Crippen molar-refractivity contribution in [1.82, 2.24) is 19.5 Å². The predicted octanol–water partition coefficient (Wildman–Crippen LogP) is 9.45. The van der Waals surface area contributed by atoms with E-state index in [9.17, 15) is 0 Å². The zero-order chi connectivity index (χ0) is 37.8. The Balaban J connectivity index is 1.27. The topological polar surface area (TPSA) is 52.8 Å². The third-order valence-electron chi connectivity index (χ3n) is 11.2. The molecule has 0 N–H and O–H groups in total. The van der Waals surface area contributed by atoms with Crippen LogP contribution in [0.3, 0.4) is 0 Å². The summed E-state index contributed by atoms with van der Waals surface area (Å²) in [5, 5.41) is 7.13.